The van der Waals surface area contributed by atoms with E-state index in [0.29, 0.717) is 4.68 Å². The Kier molecular flexibility index (Phi) is 5.14. The number of nitrogens with one attached hydrogen (secondary N) is 2. The highest BCUT2D eigenvalue weighted by Crippen LogP contribution is 2.09. The first kappa shape index (κ1) is 17.0. The molecule has 0 saturated heterocycles. The normalized spacial score (nSPS) is 10.2. The molecule has 0 aliphatic rings. The Labute approximate surface area is 148 Å². The SMILES string of the molecule is O=C(Nc1c[nH]n(C(=O)Oc2ccccc2)c1=O)OCc1ccccc1. The molecule has 0 spiro atoms. The average Bonchev–Trinajstić information content (AvgIpc) is 3.02. The molecule has 3 rings (SSSR count). The number of H-pyrrole nitrogens is 1. The van der Waals surface area contributed by atoms with Crippen molar-refractivity contribution in [2.24, 2.45) is 0 Å². The van der Waals surface area contributed by atoms with Crippen molar-refractivity contribution in [1.29, 1.82) is 0 Å². The fourth-order valence-corrected chi connectivity index (χ4v) is 2.10. The van der Waals surface area contributed by atoms with Crippen molar-refractivity contribution in [2.45, 2.75) is 6.61 Å². The summed E-state index contributed by atoms with van der Waals surface area (Å²) in [5.74, 6) is 0.288. The molecule has 2 N–H and O–H groups in total. The predicted octanol–water partition coefficient (Wildman–Crippen LogP) is 2.97. The Bertz CT molecular complexity index is 948. The molecule has 1 amide bonds. The number of hydrogen-bond donors (Lipinski definition) is 2. The topological polar surface area (TPSA) is 102 Å². The van der Waals surface area contributed by atoms with Gasteiger partial charge in [0.25, 0.3) is 5.56 Å². The number of anilines is 1. The van der Waals surface area contributed by atoms with E-state index in [2.05, 4.69) is 10.4 Å². The smallest absolute Gasteiger partial charge is 0.441 e. The molecule has 0 unspecified atom stereocenters. The summed E-state index contributed by atoms with van der Waals surface area (Å²) >= 11 is 0. The second-order valence-electron chi connectivity index (χ2n) is 5.20. The van der Waals surface area contributed by atoms with E-state index in [1.165, 1.54) is 6.20 Å². The molecule has 0 radical (unpaired) electrons. The summed E-state index contributed by atoms with van der Waals surface area (Å²) in [5, 5.41) is 4.72. The Morgan fingerprint density at radius 2 is 1.65 bits per heavy atom. The van der Waals surface area contributed by atoms with Gasteiger partial charge in [0, 0.05) is 6.20 Å². The summed E-state index contributed by atoms with van der Waals surface area (Å²) in [6.45, 7) is 0.0569. The van der Waals surface area contributed by atoms with Crippen LogP contribution in [0.4, 0.5) is 15.3 Å². The van der Waals surface area contributed by atoms with Crippen LogP contribution in [0.15, 0.2) is 71.7 Å². The van der Waals surface area contributed by atoms with Gasteiger partial charge in [-0.05, 0) is 17.7 Å². The summed E-state index contributed by atoms with van der Waals surface area (Å²) in [5.41, 5.74) is -0.0868. The second kappa shape index (κ2) is 7.84. The van der Waals surface area contributed by atoms with E-state index < -0.39 is 17.7 Å². The maximum Gasteiger partial charge on any atom is 0.441 e. The van der Waals surface area contributed by atoms with Crippen molar-refractivity contribution in [3.8, 4) is 5.75 Å². The van der Waals surface area contributed by atoms with Crippen LogP contribution in [-0.4, -0.2) is 22.0 Å². The van der Waals surface area contributed by atoms with Gasteiger partial charge in [0.05, 0.1) is 0 Å². The maximum absolute atomic E-state index is 12.2. The largest absolute Gasteiger partial charge is 0.444 e. The summed E-state index contributed by atoms with van der Waals surface area (Å²) in [6, 6.07) is 17.4. The highest BCUT2D eigenvalue weighted by Gasteiger charge is 2.16. The molecule has 8 heteroatoms. The van der Waals surface area contributed by atoms with Crippen molar-refractivity contribution in [1.82, 2.24) is 9.78 Å². The standard InChI is InChI=1S/C18H15N3O5/c22-16-15(20-17(23)25-12-13-7-3-1-4-8-13)11-19-21(16)18(24)26-14-9-5-2-6-10-14/h1-11,19H,12H2,(H,20,23). The number of hydrogen-bond acceptors (Lipinski definition) is 5. The first-order chi connectivity index (χ1) is 12.6. The predicted molar refractivity (Wildman–Crippen MR) is 93.2 cm³/mol. The maximum atomic E-state index is 12.2. The highest BCUT2D eigenvalue weighted by atomic mass is 16.6. The molecule has 0 fully saturated rings. The minimum Gasteiger partial charge on any atom is -0.444 e. The minimum atomic E-state index is -0.924. The molecule has 0 aliphatic heterocycles. The third-order valence-electron chi connectivity index (χ3n) is 3.35. The Balaban J connectivity index is 1.60. The number of carbonyl (C=O) groups is 2. The Morgan fingerprint density at radius 1 is 1.00 bits per heavy atom. The number of amides is 1. The van der Waals surface area contributed by atoms with E-state index in [9.17, 15) is 14.4 Å². The monoisotopic (exact) mass is 353 g/mol. The number of ether oxygens (including phenoxy) is 2. The summed E-state index contributed by atoms with van der Waals surface area (Å²) in [4.78, 5) is 36.0. The Morgan fingerprint density at radius 3 is 2.35 bits per heavy atom. The van der Waals surface area contributed by atoms with E-state index in [1.54, 1.807) is 42.5 Å². The number of para-hydroxylation sites is 1. The number of carbonyl (C=O) groups excluding carboxylic acids is 2. The molecule has 2 aromatic carbocycles. The van der Waals surface area contributed by atoms with E-state index in [1.807, 2.05) is 18.2 Å². The number of rotatable bonds is 4. The highest BCUT2D eigenvalue weighted by molar-refractivity contribution is 5.84. The first-order valence-electron chi connectivity index (χ1n) is 7.69. The number of aromatic amines is 1. The van der Waals surface area contributed by atoms with Gasteiger partial charge in [-0.2, -0.15) is 0 Å². The molecule has 1 heterocycles. The molecule has 8 nitrogen and oxygen atoms in total. The molecule has 0 atom stereocenters. The minimum absolute atomic E-state index is 0.0569. The molecule has 0 aliphatic carbocycles. The van der Waals surface area contributed by atoms with Crippen LogP contribution in [0.2, 0.25) is 0 Å². The Hall–Kier alpha value is -3.81. The van der Waals surface area contributed by atoms with Gasteiger partial charge in [0.2, 0.25) is 0 Å². The van der Waals surface area contributed by atoms with E-state index >= 15 is 0 Å². The van der Waals surface area contributed by atoms with E-state index in [0.717, 1.165) is 5.56 Å². The lowest BCUT2D eigenvalue weighted by Gasteiger charge is -2.05. The average molecular weight is 353 g/mol. The van der Waals surface area contributed by atoms with Crippen molar-refractivity contribution in [2.75, 3.05) is 5.32 Å². The summed E-state index contributed by atoms with van der Waals surface area (Å²) in [6.07, 6.45) is -0.557. The third kappa shape index (κ3) is 4.18. The zero-order valence-corrected chi connectivity index (χ0v) is 13.5. The van der Waals surface area contributed by atoms with Crippen LogP contribution in [-0.2, 0) is 11.3 Å². The number of benzene rings is 2. The van der Waals surface area contributed by atoms with Crippen molar-refractivity contribution < 1.29 is 19.1 Å². The molecular formula is C18H15N3O5. The zero-order chi connectivity index (χ0) is 18.4. The van der Waals surface area contributed by atoms with Crippen LogP contribution >= 0.6 is 0 Å². The first-order valence-corrected chi connectivity index (χ1v) is 7.69. The van der Waals surface area contributed by atoms with Crippen LogP contribution in [0.1, 0.15) is 5.56 Å². The number of nitrogens with zero attached hydrogens (tertiary/aromatic N) is 1. The molecule has 0 saturated carbocycles. The third-order valence-corrected chi connectivity index (χ3v) is 3.35. The van der Waals surface area contributed by atoms with Gasteiger partial charge in [0.15, 0.2) is 0 Å². The lowest BCUT2D eigenvalue weighted by atomic mass is 10.2. The van der Waals surface area contributed by atoms with Crippen LogP contribution in [0, 0.1) is 0 Å². The van der Waals surface area contributed by atoms with Crippen LogP contribution in [0.3, 0.4) is 0 Å². The van der Waals surface area contributed by atoms with Crippen LogP contribution < -0.4 is 15.6 Å². The number of aromatic nitrogens is 2. The van der Waals surface area contributed by atoms with Crippen molar-refractivity contribution in [3.63, 3.8) is 0 Å². The molecule has 26 heavy (non-hydrogen) atoms. The fourth-order valence-electron chi connectivity index (χ4n) is 2.10. The van der Waals surface area contributed by atoms with Gasteiger partial charge in [-0.3, -0.25) is 15.2 Å². The fraction of sp³-hybridized carbons (Fsp3) is 0.0556. The summed E-state index contributed by atoms with van der Waals surface area (Å²) in [7, 11) is 0. The summed E-state index contributed by atoms with van der Waals surface area (Å²) < 4.78 is 10.7. The van der Waals surface area contributed by atoms with E-state index in [4.69, 9.17) is 9.47 Å². The van der Waals surface area contributed by atoms with Crippen LogP contribution in [0.25, 0.3) is 0 Å². The van der Waals surface area contributed by atoms with Crippen molar-refractivity contribution in [3.05, 3.63) is 82.8 Å². The van der Waals surface area contributed by atoms with Gasteiger partial charge in [-0.1, -0.05) is 48.5 Å². The second-order valence-corrected chi connectivity index (χ2v) is 5.20. The van der Waals surface area contributed by atoms with Gasteiger partial charge in [-0.15, -0.1) is 4.68 Å². The quantitative estimate of drug-likeness (QED) is 0.751. The molecule has 3 aromatic rings. The van der Waals surface area contributed by atoms with Gasteiger partial charge < -0.3 is 9.47 Å². The van der Waals surface area contributed by atoms with Crippen LogP contribution in [0.5, 0.6) is 5.75 Å². The molecular weight excluding hydrogens is 338 g/mol. The van der Waals surface area contributed by atoms with Gasteiger partial charge in [0.1, 0.15) is 18.0 Å². The van der Waals surface area contributed by atoms with Crippen molar-refractivity contribution >= 4 is 17.9 Å². The molecule has 0 bridgehead atoms. The molecule has 1 aromatic heterocycles. The lowest BCUT2D eigenvalue weighted by Crippen LogP contribution is -2.29. The lowest BCUT2D eigenvalue weighted by molar-refractivity contribution is 0.155. The van der Waals surface area contributed by atoms with E-state index in [-0.39, 0.29) is 18.0 Å². The zero-order valence-electron chi connectivity index (χ0n) is 13.5. The van der Waals surface area contributed by atoms with Gasteiger partial charge in [-0.25, -0.2) is 9.59 Å². The molecule has 132 valence electrons. The van der Waals surface area contributed by atoms with Gasteiger partial charge >= 0.3 is 12.2 Å².